The fourth-order valence-corrected chi connectivity index (χ4v) is 2.53. The molecule has 16 heavy (non-hydrogen) atoms. The van der Waals surface area contributed by atoms with Crippen molar-refractivity contribution in [1.29, 1.82) is 0 Å². The zero-order chi connectivity index (χ0) is 11.5. The second-order valence-electron chi connectivity index (χ2n) is 3.44. The van der Waals surface area contributed by atoms with Gasteiger partial charge in [-0.3, -0.25) is 0 Å². The molecule has 0 fully saturated rings. The molecule has 2 aromatic rings. The Morgan fingerprint density at radius 1 is 1.38 bits per heavy atom. The molecule has 0 bridgehead atoms. The topological polar surface area (TPSA) is 37.8 Å². The Bertz CT molecular complexity index is 496. The first-order valence-electron chi connectivity index (χ1n) is 4.95. The van der Waals surface area contributed by atoms with Crippen LogP contribution in [0.2, 0.25) is 5.02 Å². The van der Waals surface area contributed by atoms with Crippen molar-refractivity contribution >= 4 is 22.9 Å². The Balaban J connectivity index is 2.39. The quantitative estimate of drug-likeness (QED) is 0.914. The Labute approximate surface area is 103 Å². The summed E-state index contributed by atoms with van der Waals surface area (Å²) in [6.45, 7) is 2.74. The summed E-state index contributed by atoms with van der Waals surface area (Å²) in [5.74, 6) is 0. The van der Waals surface area contributed by atoms with Crippen LogP contribution in [0.25, 0.3) is 10.6 Å². The largest absolute Gasteiger partial charge is 0.313 e. The van der Waals surface area contributed by atoms with Gasteiger partial charge >= 0.3 is 0 Å². The highest BCUT2D eigenvalue weighted by atomic mass is 35.5. The second-order valence-corrected chi connectivity index (χ2v) is 4.91. The van der Waals surface area contributed by atoms with Gasteiger partial charge in [-0.2, -0.15) is 0 Å². The average molecular weight is 254 g/mol. The lowest BCUT2D eigenvalue weighted by Crippen LogP contribution is -2.04. The minimum absolute atomic E-state index is 0.747. The van der Waals surface area contributed by atoms with E-state index in [1.165, 1.54) is 0 Å². The molecule has 0 radical (unpaired) electrons. The van der Waals surface area contributed by atoms with Crippen molar-refractivity contribution in [3.8, 4) is 10.6 Å². The van der Waals surface area contributed by atoms with Gasteiger partial charge in [0.2, 0.25) is 0 Å². The molecule has 1 aromatic carbocycles. The molecule has 0 spiro atoms. The molecule has 0 atom stereocenters. The fraction of sp³-hybridized carbons (Fsp3) is 0.273. The summed E-state index contributed by atoms with van der Waals surface area (Å²) in [4.78, 5) is 0. The van der Waals surface area contributed by atoms with Crippen LogP contribution in [0.5, 0.6) is 0 Å². The molecule has 0 saturated carbocycles. The lowest BCUT2D eigenvalue weighted by molar-refractivity contribution is 0.795. The van der Waals surface area contributed by atoms with Crippen molar-refractivity contribution in [2.24, 2.45) is 0 Å². The minimum atomic E-state index is 0.747. The van der Waals surface area contributed by atoms with E-state index in [4.69, 9.17) is 11.6 Å². The number of nitrogens with one attached hydrogen (secondary N) is 1. The molecule has 0 saturated heterocycles. The van der Waals surface area contributed by atoms with Crippen LogP contribution in [-0.2, 0) is 6.54 Å². The van der Waals surface area contributed by atoms with Crippen LogP contribution in [0.3, 0.4) is 0 Å². The lowest BCUT2D eigenvalue weighted by Gasteiger charge is -2.02. The molecule has 0 aliphatic rings. The molecule has 1 N–H and O–H groups in total. The standard InChI is InChI=1S/C11H12ClN3S/c1-7-8(4-3-5-9(7)12)11-15-14-10(16-11)6-13-2/h3-5,13H,6H2,1-2H3. The number of hydrogen-bond donors (Lipinski definition) is 1. The number of rotatable bonds is 3. The van der Waals surface area contributed by atoms with Crippen LogP contribution in [0.4, 0.5) is 0 Å². The maximum Gasteiger partial charge on any atom is 0.148 e. The van der Waals surface area contributed by atoms with Gasteiger partial charge in [-0.1, -0.05) is 35.1 Å². The van der Waals surface area contributed by atoms with E-state index in [0.29, 0.717) is 0 Å². The third-order valence-corrected chi connectivity index (χ3v) is 3.66. The minimum Gasteiger partial charge on any atom is -0.313 e. The molecule has 3 nitrogen and oxygen atoms in total. The predicted octanol–water partition coefficient (Wildman–Crippen LogP) is 2.89. The number of benzene rings is 1. The first-order chi connectivity index (χ1) is 7.72. The van der Waals surface area contributed by atoms with E-state index >= 15 is 0 Å². The highest BCUT2D eigenvalue weighted by Gasteiger charge is 2.10. The molecule has 2 rings (SSSR count). The first-order valence-corrected chi connectivity index (χ1v) is 6.14. The van der Waals surface area contributed by atoms with E-state index in [1.807, 2.05) is 32.2 Å². The van der Waals surface area contributed by atoms with E-state index < -0.39 is 0 Å². The summed E-state index contributed by atoms with van der Waals surface area (Å²) >= 11 is 7.67. The molecule has 0 aliphatic heterocycles. The van der Waals surface area contributed by atoms with E-state index in [2.05, 4.69) is 15.5 Å². The van der Waals surface area contributed by atoms with Crippen LogP contribution in [-0.4, -0.2) is 17.2 Å². The van der Waals surface area contributed by atoms with E-state index in [9.17, 15) is 0 Å². The van der Waals surface area contributed by atoms with Crippen molar-refractivity contribution < 1.29 is 0 Å². The predicted molar refractivity (Wildman–Crippen MR) is 67.9 cm³/mol. The number of halogens is 1. The van der Waals surface area contributed by atoms with Gasteiger partial charge in [0.15, 0.2) is 0 Å². The van der Waals surface area contributed by atoms with Gasteiger partial charge in [0, 0.05) is 17.1 Å². The van der Waals surface area contributed by atoms with Gasteiger partial charge in [0.25, 0.3) is 0 Å². The van der Waals surface area contributed by atoms with Crippen molar-refractivity contribution in [3.05, 3.63) is 33.8 Å². The summed E-state index contributed by atoms with van der Waals surface area (Å²) in [6, 6.07) is 5.84. The highest BCUT2D eigenvalue weighted by molar-refractivity contribution is 7.14. The Kier molecular flexibility index (Phi) is 3.53. The fourth-order valence-electron chi connectivity index (χ4n) is 1.42. The van der Waals surface area contributed by atoms with Crippen LogP contribution in [0.1, 0.15) is 10.6 Å². The van der Waals surface area contributed by atoms with E-state index in [1.54, 1.807) is 11.3 Å². The van der Waals surface area contributed by atoms with Gasteiger partial charge in [0.1, 0.15) is 10.0 Å². The van der Waals surface area contributed by atoms with Gasteiger partial charge in [-0.15, -0.1) is 10.2 Å². The highest BCUT2D eigenvalue weighted by Crippen LogP contribution is 2.30. The molecule has 0 unspecified atom stereocenters. The molecule has 1 heterocycles. The molecule has 84 valence electrons. The van der Waals surface area contributed by atoms with Gasteiger partial charge in [-0.25, -0.2) is 0 Å². The molecular formula is C11H12ClN3S. The molecule has 5 heteroatoms. The van der Waals surface area contributed by atoms with Crippen LogP contribution >= 0.6 is 22.9 Å². The summed E-state index contributed by atoms with van der Waals surface area (Å²) < 4.78 is 0. The SMILES string of the molecule is CNCc1nnc(-c2cccc(Cl)c2C)s1. The Hall–Kier alpha value is -0.970. The molecule has 1 aromatic heterocycles. The van der Waals surface area contributed by atoms with Crippen LogP contribution in [0, 0.1) is 6.92 Å². The van der Waals surface area contributed by atoms with Crippen molar-refractivity contribution in [1.82, 2.24) is 15.5 Å². The Morgan fingerprint density at radius 3 is 2.94 bits per heavy atom. The van der Waals surface area contributed by atoms with Crippen molar-refractivity contribution in [2.45, 2.75) is 13.5 Å². The zero-order valence-corrected chi connectivity index (χ0v) is 10.7. The number of aromatic nitrogens is 2. The van der Waals surface area contributed by atoms with Gasteiger partial charge in [-0.05, 0) is 25.6 Å². The van der Waals surface area contributed by atoms with E-state index in [0.717, 1.165) is 32.7 Å². The summed E-state index contributed by atoms with van der Waals surface area (Å²) in [5.41, 5.74) is 2.11. The number of hydrogen-bond acceptors (Lipinski definition) is 4. The van der Waals surface area contributed by atoms with Crippen molar-refractivity contribution in [2.75, 3.05) is 7.05 Å². The van der Waals surface area contributed by atoms with Crippen LogP contribution in [0.15, 0.2) is 18.2 Å². The first kappa shape index (κ1) is 11.5. The summed E-state index contributed by atoms with van der Waals surface area (Å²) in [6.07, 6.45) is 0. The zero-order valence-electron chi connectivity index (χ0n) is 9.12. The monoisotopic (exact) mass is 253 g/mol. The summed E-state index contributed by atoms with van der Waals surface area (Å²) in [5, 5.41) is 14.0. The maximum atomic E-state index is 6.08. The smallest absolute Gasteiger partial charge is 0.148 e. The van der Waals surface area contributed by atoms with Gasteiger partial charge < -0.3 is 5.32 Å². The summed E-state index contributed by atoms with van der Waals surface area (Å²) in [7, 11) is 1.89. The third-order valence-electron chi connectivity index (χ3n) is 2.29. The Morgan fingerprint density at radius 2 is 2.19 bits per heavy atom. The second kappa shape index (κ2) is 4.91. The van der Waals surface area contributed by atoms with E-state index in [-0.39, 0.29) is 0 Å². The third kappa shape index (κ3) is 2.24. The van der Waals surface area contributed by atoms with Gasteiger partial charge in [0.05, 0.1) is 0 Å². The average Bonchev–Trinajstić information content (AvgIpc) is 2.71. The normalized spacial score (nSPS) is 10.7. The molecule has 0 amide bonds. The van der Waals surface area contributed by atoms with Crippen molar-refractivity contribution in [3.63, 3.8) is 0 Å². The van der Waals surface area contributed by atoms with Crippen LogP contribution < -0.4 is 5.32 Å². The maximum absolute atomic E-state index is 6.08. The molecular weight excluding hydrogens is 242 g/mol. The number of nitrogens with zero attached hydrogens (tertiary/aromatic N) is 2. The molecule has 0 aliphatic carbocycles. The lowest BCUT2D eigenvalue weighted by atomic mass is 10.1.